The van der Waals surface area contributed by atoms with Crippen LogP contribution in [0, 0.1) is 6.42 Å². The number of sulfone groups is 1. The highest BCUT2D eigenvalue weighted by Gasteiger charge is 2.12. The molecule has 1 aliphatic carbocycles. The molecular weight excluding hydrogens is 184 g/mol. The van der Waals surface area contributed by atoms with E-state index in [2.05, 4.69) is 0 Å². The van der Waals surface area contributed by atoms with Crippen LogP contribution in [0.25, 0.3) is 0 Å². The van der Waals surface area contributed by atoms with Crippen LogP contribution < -0.4 is 0 Å². The molecule has 1 aliphatic rings. The van der Waals surface area contributed by atoms with Crippen LogP contribution >= 0.6 is 11.6 Å². The van der Waals surface area contributed by atoms with Crippen molar-refractivity contribution in [2.75, 3.05) is 6.26 Å². The molecule has 0 aromatic carbocycles. The quantitative estimate of drug-likeness (QED) is 0.632. The fourth-order valence-electron chi connectivity index (χ4n) is 0.800. The molecule has 0 aromatic rings. The summed E-state index contributed by atoms with van der Waals surface area (Å²) in [7, 11) is -3.08. The van der Waals surface area contributed by atoms with Crippen molar-refractivity contribution in [3.63, 3.8) is 0 Å². The highest BCUT2D eigenvalue weighted by atomic mass is 35.5. The first-order valence-electron chi connectivity index (χ1n) is 3.11. The van der Waals surface area contributed by atoms with Crippen molar-refractivity contribution in [2.45, 2.75) is 6.42 Å². The van der Waals surface area contributed by atoms with Gasteiger partial charge >= 0.3 is 0 Å². The fraction of sp³-hybridized carbons (Fsp3) is 0.286. The van der Waals surface area contributed by atoms with E-state index in [0.717, 1.165) is 0 Å². The molecule has 0 spiro atoms. The van der Waals surface area contributed by atoms with Gasteiger partial charge in [-0.05, 0) is 12.5 Å². The van der Waals surface area contributed by atoms with Gasteiger partial charge in [0.05, 0.1) is 4.91 Å². The summed E-state index contributed by atoms with van der Waals surface area (Å²) in [5.74, 6) is 0. The molecule has 0 unspecified atom stereocenters. The van der Waals surface area contributed by atoms with Gasteiger partial charge < -0.3 is 0 Å². The van der Waals surface area contributed by atoms with Crippen molar-refractivity contribution in [2.24, 2.45) is 0 Å². The van der Waals surface area contributed by atoms with E-state index in [9.17, 15) is 8.42 Å². The zero-order chi connectivity index (χ0) is 8.48. The molecule has 0 aliphatic heterocycles. The Kier molecular flexibility index (Phi) is 2.40. The van der Waals surface area contributed by atoms with Crippen LogP contribution in [0.15, 0.2) is 22.1 Å². The van der Waals surface area contributed by atoms with E-state index in [1.165, 1.54) is 12.3 Å². The summed E-state index contributed by atoms with van der Waals surface area (Å²) in [6.07, 6.45) is 6.63. The molecule has 1 rings (SSSR count). The van der Waals surface area contributed by atoms with Crippen LogP contribution in [0.3, 0.4) is 0 Å². The third-order valence-electron chi connectivity index (χ3n) is 1.34. The van der Waals surface area contributed by atoms with Crippen LogP contribution in [0.4, 0.5) is 0 Å². The number of rotatable bonds is 1. The highest BCUT2D eigenvalue weighted by Crippen LogP contribution is 2.21. The Bertz CT molecular complexity index is 311. The van der Waals surface area contributed by atoms with Gasteiger partial charge in [-0.2, -0.15) is 0 Å². The summed E-state index contributed by atoms with van der Waals surface area (Å²) in [5.41, 5.74) is 0. The molecule has 1 radical (unpaired) electrons. The van der Waals surface area contributed by atoms with Crippen molar-refractivity contribution >= 4 is 21.4 Å². The minimum absolute atomic E-state index is 0.310. The summed E-state index contributed by atoms with van der Waals surface area (Å²) < 4.78 is 21.9. The molecule has 0 bridgehead atoms. The first-order chi connectivity index (χ1) is 5.00. The Morgan fingerprint density at radius 2 is 2.18 bits per heavy atom. The highest BCUT2D eigenvalue weighted by molar-refractivity contribution is 7.94. The molecular formula is C7H8ClO2S. The van der Waals surface area contributed by atoms with E-state index < -0.39 is 9.84 Å². The molecule has 0 saturated carbocycles. The Hall–Kier alpha value is -0.280. The van der Waals surface area contributed by atoms with Gasteiger partial charge in [-0.1, -0.05) is 17.7 Å². The molecule has 0 amide bonds. The van der Waals surface area contributed by atoms with Gasteiger partial charge in [-0.15, -0.1) is 0 Å². The lowest BCUT2D eigenvalue weighted by atomic mass is 10.2. The molecule has 4 heteroatoms. The Labute approximate surface area is 71.5 Å². The molecule has 2 nitrogen and oxygen atoms in total. The van der Waals surface area contributed by atoms with Gasteiger partial charge in [-0.25, -0.2) is 8.42 Å². The summed E-state index contributed by atoms with van der Waals surface area (Å²) in [4.78, 5) is 0.310. The van der Waals surface area contributed by atoms with E-state index in [0.29, 0.717) is 16.4 Å². The zero-order valence-corrected chi connectivity index (χ0v) is 7.61. The van der Waals surface area contributed by atoms with Gasteiger partial charge in [0.2, 0.25) is 0 Å². The average Bonchev–Trinajstić information content (AvgIpc) is 1.86. The predicted octanol–water partition coefficient (Wildman–Crippen LogP) is 1.65. The summed E-state index contributed by atoms with van der Waals surface area (Å²) in [5, 5.41) is 0.493. The van der Waals surface area contributed by atoms with Crippen molar-refractivity contribution in [3.8, 4) is 0 Å². The maximum absolute atomic E-state index is 10.9. The Morgan fingerprint density at radius 1 is 1.55 bits per heavy atom. The van der Waals surface area contributed by atoms with E-state index >= 15 is 0 Å². The second-order valence-electron chi connectivity index (χ2n) is 2.35. The number of allylic oxidation sites excluding steroid dienone is 3. The first kappa shape index (κ1) is 8.81. The normalized spacial score (nSPS) is 19.1. The van der Waals surface area contributed by atoms with Crippen LogP contribution in [0.1, 0.15) is 6.42 Å². The van der Waals surface area contributed by atoms with Gasteiger partial charge in [0.15, 0.2) is 9.84 Å². The molecule has 0 aromatic heterocycles. The van der Waals surface area contributed by atoms with Gasteiger partial charge in [0.25, 0.3) is 0 Å². The number of hydrogen-bond donors (Lipinski definition) is 0. The lowest BCUT2D eigenvalue weighted by molar-refractivity contribution is 0.608. The smallest absolute Gasteiger partial charge is 0.175 e. The van der Waals surface area contributed by atoms with Crippen molar-refractivity contribution in [1.82, 2.24) is 0 Å². The van der Waals surface area contributed by atoms with Gasteiger partial charge in [0, 0.05) is 17.7 Å². The summed E-state index contributed by atoms with van der Waals surface area (Å²) in [6.45, 7) is 0. The summed E-state index contributed by atoms with van der Waals surface area (Å²) >= 11 is 5.62. The van der Waals surface area contributed by atoms with Crippen molar-refractivity contribution in [3.05, 3.63) is 28.5 Å². The number of hydrogen-bond acceptors (Lipinski definition) is 2. The maximum Gasteiger partial charge on any atom is 0.175 e. The number of halogens is 1. The van der Waals surface area contributed by atoms with Gasteiger partial charge in [0.1, 0.15) is 0 Å². The molecule has 0 saturated heterocycles. The van der Waals surface area contributed by atoms with Crippen LogP contribution in [0.2, 0.25) is 0 Å². The Balaban J connectivity index is 3.01. The zero-order valence-electron chi connectivity index (χ0n) is 6.04. The largest absolute Gasteiger partial charge is 0.224 e. The van der Waals surface area contributed by atoms with E-state index in [1.807, 2.05) is 0 Å². The van der Waals surface area contributed by atoms with E-state index in [-0.39, 0.29) is 0 Å². The van der Waals surface area contributed by atoms with Crippen LogP contribution in [0.5, 0.6) is 0 Å². The van der Waals surface area contributed by atoms with Crippen molar-refractivity contribution < 1.29 is 8.42 Å². The monoisotopic (exact) mass is 191 g/mol. The second-order valence-corrected chi connectivity index (χ2v) is 4.80. The molecule has 0 heterocycles. The SMILES string of the molecule is CS(=O)(=O)C1=CC[CH]C(Cl)=C1. The van der Waals surface area contributed by atoms with Crippen LogP contribution in [-0.4, -0.2) is 14.7 Å². The molecule has 61 valence electrons. The first-order valence-corrected chi connectivity index (χ1v) is 5.38. The maximum atomic E-state index is 10.9. The van der Waals surface area contributed by atoms with Crippen LogP contribution in [-0.2, 0) is 9.84 Å². The Morgan fingerprint density at radius 3 is 2.55 bits per heavy atom. The van der Waals surface area contributed by atoms with E-state index in [4.69, 9.17) is 11.6 Å². The third kappa shape index (κ3) is 2.34. The average molecular weight is 192 g/mol. The fourth-order valence-corrected chi connectivity index (χ4v) is 1.81. The molecule has 11 heavy (non-hydrogen) atoms. The predicted molar refractivity (Wildman–Crippen MR) is 45.8 cm³/mol. The van der Waals surface area contributed by atoms with E-state index in [1.54, 1.807) is 12.5 Å². The van der Waals surface area contributed by atoms with Crippen molar-refractivity contribution in [1.29, 1.82) is 0 Å². The standard InChI is InChI=1S/C7H8ClO2S/c1-11(9,10)7-4-2-3-6(8)5-7/h3-5H,2H2,1H3. The lowest BCUT2D eigenvalue weighted by Gasteiger charge is -2.06. The minimum Gasteiger partial charge on any atom is -0.224 e. The second kappa shape index (κ2) is 2.99. The van der Waals surface area contributed by atoms with Gasteiger partial charge in [-0.3, -0.25) is 0 Å². The lowest BCUT2D eigenvalue weighted by Crippen LogP contribution is -2.01. The third-order valence-corrected chi connectivity index (χ3v) is 2.74. The summed E-state index contributed by atoms with van der Waals surface area (Å²) in [6, 6.07) is 0. The minimum atomic E-state index is -3.08. The molecule has 0 fully saturated rings. The molecule has 0 atom stereocenters. The molecule has 0 N–H and O–H groups in total. The topological polar surface area (TPSA) is 34.1 Å².